The second kappa shape index (κ2) is 15.1. The SMILES string of the molecule is NC(=O)CC(NC(=O)C(Cc1c[nH]c2ccccc12)NC(=O)C(N)CCC(=O)O)C(=O)NC(Cc1ccccc1)C(=O)O. The van der Waals surface area contributed by atoms with E-state index in [1.807, 2.05) is 12.1 Å². The number of hydrogen-bond acceptors (Lipinski definition) is 7. The molecule has 43 heavy (non-hydrogen) atoms. The molecule has 0 bridgehead atoms. The first-order chi connectivity index (χ1) is 20.4. The highest BCUT2D eigenvalue weighted by atomic mass is 16.4. The van der Waals surface area contributed by atoms with Gasteiger partial charge in [0.15, 0.2) is 0 Å². The fraction of sp³-hybridized carbons (Fsp3) is 0.310. The monoisotopic (exact) mass is 594 g/mol. The summed E-state index contributed by atoms with van der Waals surface area (Å²) < 4.78 is 0. The van der Waals surface area contributed by atoms with Gasteiger partial charge >= 0.3 is 11.9 Å². The topological polar surface area (TPSA) is 247 Å². The Labute approximate surface area is 246 Å². The van der Waals surface area contributed by atoms with Crippen molar-refractivity contribution in [2.24, 2.45) is 11.5 Å². The van der Waals surface area contributed by atoms with Gasteiger partial charge in [-0.3, -0.25) is 24.0 Å². The van der Waals surface area contributed by atoms with Crippen molar-refractivity contribution in [1.82, 2.24) is 20.9 Å². The molecule has 0 aliphatic rings. The van der Waals surface area contributed by atoms with Gasteiger partial charge in [0.1, 0.15) is 18.1 Å². The van der Waals surface area contributed by atoms with Gasteiger partial charge in [-0.15, -0.1) is 0 Å². The summed E-state index contributed by atoms with van der Waals surface area (Å²) >= 11 is 0. The van der Waals surface area contributed by atoms with Gasteiger partial charge in [-0.25, -0.2) is 4.79 Å². The Bertz CT molecular complexity index is 1470. The van der Waals surface area contributed by atoms with Crippen molar-refractivity contribution >= 4 is 46.5 Å². The molecule has 228 valence electrons. The molecule has 4 amide bonds. The van der Waals surface area contributed by atoms with E-state index >= 15 is 0 Å². The number of nitrogens with two attached hydrogens (primary N) is 2. The number of carboxylic acids is 2. The molecule has 4 atom stereocenters. The highest BCUT2D eigenvalue weighted by Gasteiger charge is 2.32. The number of nitrogens with one attached hydrogen (secondary N) is 4. The summed E-state index contributed by atoms with van der Waals surface area (Å²) in [6, 6.07) is 10.3. The molecule has 4 unspecified atom stereocenters. The highest BCUT2D eigenvalue weighted by molar-refractivity contribution is 5.96. The number of carboxylic acid groups (broad SMARTS) is 2. The van der Waals surface area contributed by atoms with Crippen LogP contribution in [0.25, 0.3) is 10.9 Å². The number of amides is 4. The third-order valence-corrected chi connectivity index (χ3v) is 6.67. The lowest BCUT2D eigenvalue weighted by atomic mass is 10.0. The second-order valence-corrected chi connectivity index (χ2v) is 9.98. The molecule has 0 radical (unpaired) electrons. The van der Waals surface area contributed by atoms with Crippen LogP contribution in [0.5, 0.6) is 0 Å². The lowest BCUT2D eigenvalue weighted by Gasteiger charge is -2.25. The smallest absolute Gasteiger partial charge is 0.326 e. The number of para-hydroxylation sites is 1. The van der Waals surface area contributed by atoms with Crippen LogP contribution in [-0.4, -0.2) is 74.9 Å². The van der Waals surface area contributed by atoms with Crippen molar-refractivity contribution < 1.29 is 39.0 Å². The van der Waals surface area contributed by atoms with Gasteiger partial charge in [-0.2, -0.15) is 0 Å². The second-order valence-electron chi connectivity index (χ2n) is 9.98. The first-order valence-electron chi connectivity index (χ1n) is 13.4. The number of carbonyl (C=O) groups is 6. The van der Waals surface area contributed by atoms with Gasteiger partial charge in [0, 0.05) is 36.4 Å². The van der Waals surface area contributed by atoms with E-state index in [0.29, 0.717) is 11.1 Å². The third kappa shape index (κ3) is 9.67. The average molecular weight is 595 g/mol. The Morgan fingerprint density at radius 3 is 2.02 bits per heavy atom. The quantitative estimate of drug-likeness (QED) is 0.107. The molecule has 1 heterocycles. The number of aliphatic carboxylic acids is 2. The van der Waals surface area contributed by atoms with Crippen molar-refractivity contribution in [3.8, 4) is 0 Å². The maximum atomic E-state index is 13.5. The van der Waals surface area contributed by atoms with Crippen LogP contribution in [0, 0.1) is 0 Å². The molecular weight excluding hydrogens is 560 g/mol. The van der Waals surface area contributed by atoms with Crippen LogP contribution >= 0.6 is 0 Å². The maximum Gasteiger partial charge on any atom is 0.326 e. The van der Waals surface area contributed by atoms with Gasteiger partial charge in [0.05, 0.1) is 12.5 Å². The van der Waals surface area contributed by atoms with Crippen LogP contribution in [-0.2, 0) is 41.6 Å². The van der Waals surface area contributed by atoms with E-state index < -0.39 is 66.2 Å². The molecule has 0 aliphatic carbocycles. The van der Waals surface area contributed by atoms with E-state index in [1.54, 1.807) is 48.7 Å². The number of hydrogen-bond donors (Lipinski definition) is 8. The molecule has 10 N–H and O–H groups in total. The van der Waals surface area contributed by atoms with E-state index in [1.165, 1.54) is 0 Å². The van der Waals surface area contributed by atoms with E-state index in [2.05, 4.69) is 20.9 Å². The van der Waals surface area contributed by atoms with Crippen molar-refractivity contribution in [3.05, 3.63) is 71.9 Å². The molecule has 0 saturated heterocycles. The number of fused-ring (bicyclic) bond motifs is 1. The Balaban J connectivity index is 1.82. The molecule has 0 spiro atoms. The molecule has 3 rings (SSSR count). The zero-order chi connectivity index (χ0) is 31.5. The fourth-order valence-electron chi connectivity index (χ4n) is 4.42. The van der Waals surface area contributed by atoms with Crippen molar-refractivity contribution in [3.63, 3.8) is 0 Å². The predicted octanol–water partition coefficient (Wildman–Crippen LogP) is -0.440. The fourth-order valence-corrected chi connectivity index (χ4v) is 4.42. The number of primary amides is 1. The summed E-state index contributed by atoms with van der Waals surface area (Å²) in [5.74, 6) is -6.06. The average Bonchev–Trinajstić information content (AvgIpc) is 3.37. The van der Waals surface area contributed by atoms with Gasteiger partial charge in [0.25, 0.3) is 0 Å². The molecule has 0 aliphatic heterocycles. The van der Waals surface area contributed by atoms with Crippen LogP contribution in [0.2, 0.25) is 0 Å². The number of aromatic amines is 1. The van der Waals surface area contributed by atoms with Crippen molar-refractivity contribution in [2.45, 2.75) is 56.3 Å². The molecule has 3 aromatic rings. The van der Waals surface area contributed by atoms with Crippen molar-refractivity contribution in [2.75, 3.05) is 0 Å². The number of H-pyrrole nitrogens is 1. The highest BCUT2D eigenvalue weighted by Crippen LogP contribution is 2.19. The number of carbonyl (C=O) groups excluding carboxylic acids is 4. The molecule has 0 fully saturated rings. The first kappa shape index (κ1) is 32.3. The predicted molar refractivity (Wildman–Crippen MR) is 154 cm³/mol. The minimum Gasteiger partial charge on any atom is -0.481 e. The van der Waals surface area contributed by atoms with Gasteiger partial charge in [-0.05, 0) is 23.6 Å². The maximum absolute atomic E-state index is 13.5. The Morgan fingerprint density at radius 1 is 0.767 bits per heavy atom. The lowest BCUT2D eigenvalue weighted by Crippen LogP contribution is -2.58. The number of aromatic nitrogens is 1. The largest absolute Gasteiger partial charge is 0.481 e. The van der Waals surface area contributed by atoms with Crippen molar-refractivity contribution in [1.29, 1.82) is 0 Å². The third-order valence-electron chi connectivity index (χ3n) is 6.67. The summed E-state index contributed by atoms with van der Waals surface area (Å²) in [6.07, 6.45) is 0.309. The van der Waals surface area contributed by atoms with Crippen LogP contribution < -0.4 is 27.4 Å². The van der Waals surface area contributed by atoms with Crippen LogP contribution in [0.3, 0.4) is 0 Å². The summed E-state index contributed by atoms with van der Waals surface area (Å²) in [7, 11) is 0. The molecule has 0 saturated carbocycles. The molecule has 1 aromatic heterocycles. The Morgan fingerprint density at radius 2 is 1.37 bits per heavy atom. The van der Waals surface area contributed by atoms with E-state index in [-0.39, 0.29) is 25.7 Å². The lowest BCUT2D eigenvalue weighted by molar-refractivity contribution is -0.142. The summed E-state index contributed by atoms with van der Waals surface area (Å²) in [5.41, 5.74) is 13.2. The van der Waals surface area contributed by atoms with Gasteiger partial charge in [-0.1, -0.05) is 48.5 Å². The molecule has 14 nitrogen and oxygen atoms in total. The van der Waals surface area contributed by atoms with Crippen LogP contribution in [0.4, 0.5) is 0 Å². The Hall–Kier alpha value is -5.24. The minimum atomic E-state index is -1.56. The van der Waals surface area contributed by atoms with Crippen LogP contribution in [0.1, 0.15) is 30.4 Å². The summed E-state index contributed by atoms with van der Waals surface area (Å²) in [4.78, 5) is 77.2. The van der Waals surface area contributed by atoms with Gasteiger partial charge < -0.3 is 42.6 Å². The molecular formula is C29H34N6O8. The number of benzene rings is 2. The van der Waals surface area contributed by atoms with E-state index in [0.717, 1.165) is 10.9 Å². The van der Waals surface area contributed by atoms with Gasteiger partial charge in [0.2, 0.25) is 23.6 Å². The normalized spacial score (nSPS) is 13.7. The standard InChI is InChI=1S/C29H34N6O8/c30-19(10-11-25(37)38)26(39)33-21(13-17-15-32-20-9-5-4-8-18(17)20)27(40)34-22(14-24(31)36)28(41)35-23(29(42)43)12-16-6-2-1-3-7-16/h1-9,15,19,21-23,32H,10-14,30H2,(H2,31,36)(H,33,39)(H,34,40)(H,35,41)(H,37,38)(H,42,43). The minimum absolute atomic E-state index is 0.0629. The van der Waals surface area contributed by atoms with E-state index in [4.69, 9.17) is 16.6 Å². The summed E-state index contributed by atoms with van der Waals surface area (Å²) in [6.45, 7) is 0. The zero-order valence-corrected chi connectivity index (χ0v) is 23.1. The zero-order valence-electron chi connectivity index (χ0n) is 23.1. The first-order valence-corrected chi connectivity index (χ1v) is 13.4. The molecule has 2 aromatic carbocycles. The Kier molecular flexibility index (Phi) is 11.3. The molecule has 14 heteroatoms. The van der Waals surface area contributed by atoms with E-state index in [9.17, 15) is 33.9 Å². The van der Waals surface area contributed by atoms with Crippen LogP contribution in [0.15, 0.2) is 60.8 Å². The summed E-state index contributed by atoms with van der Waals surface area (Å²) in [5, 5.41) is 26.6. The number of rotatable bonds is 16.